The molecule has 0 aromatic heterocycles. The summed E-state index contributed by atoms with van der Waals surface area (Å²) in [6, 6.07) is 15.4. The Morgan fingerprint density at radius 1 is 1.07 bits per heavy atom. The van der Waals surface area contributed by atoms with Crippen molar-refractivity contribution in [3.63, 3.8) is 0 Å². The summed E-state index contributed by atoms with van der Waals surface area (Å²) in [5.41, 5.74) is 0.955. The summed E-state index contributed by atoms with van der Waals surface area (Å²) in [7, 11) is -0.699. The summed E-state index contributed by atoms with van der Waals surface area (Å²) in [5, 5.41) is 2.97. The number of hydrogen-bond donors (Lipinski definition) is 1. The summed E-state index contributed by atoms with van der Waals surface area (Å²) >= 11 is 0. The fourth-order valence-corrected chi connectivity index (χ4v) is 4.03. The van der Waals surface area contributed by atoms with Crippen LogP contribution in [0.5, 0.6) is 5.75 Å². The Morgan fingerprint density at radius 2 is 1.68 bits per heavy atom. The molecule has 0 heterocycles. The van der Waals surface area contributed by atoms with Gasteiger partial charge >= 0.3 is 0 Å². The predicted octanol–water partition coefficient (Wildman–Crippen LogP) is 3.22. The smallest absolute Gasteiger partial charge is 0.243 e. The number of rotatable bonds is 9. The van der Waals surface area contributed by atoms with Gasteiger partial charge in [-0.2, -0.15) is 4.31 Å². The van der Waals surface area contributed by atoms with Crippen molar-refractivity contribution in [3.05, 3.63) is 60.2 Å². The molecule has 152 valence electrons. The highest BCUT2D eigenvalue weighted by Crippen LogP contribution is 2.23. The first-order valence-corrected chi connectivity index (χ1v) is 10.6. The van der Waals surface area contributed by atoms with Crippen molar-refractivity contribution in [2.24, 2.45) is 5.92 Å². The van der Waals surface area contributed by atoms with Crippen LogP contribution in [0.4, 0.5) is 0 Å². The van der Waals surface area contributed by atoms with Crippen molar-refractivity contribution in [1.82, 2.24) is 9.62 Å². The van der Waals surface area contributed by atoms with Gasteiger partial charge < -0.3 is 10.1 Å². The molecule has 1 N–H and O–H groups in total. The van der Waals surface area contributed by atoms with Crippen molar-refractivity contribution in [2.45, 2.75) is 31.2 Å². The lowest BCUT2D eigenvalue weighted by Crippen LogP contribution is -2.40. The highest BCUT2D eigenvalue weighted by molar-refractivity contribution is 7.89. The monoisotopic (exact) mass is 404 g/mol. The zero-order valence-corrected chi connectivity index (χ0v) is 17.6. The highest BCUT2D eigenvalue weighted by Gasteiger charge is 2.24. The standard InChI is InChI=1S/C21H28N2O4S/c1-16(2)14-20(17-10-12-18(27-4)13-11-17)22-21(24)15-23(3)28(25,26)19-8-6-5-7-9-19/h5-13,16,20H,14-15H2,1-4H3,(H,22,24)/t20-/m0/s1. The Bertz CT molecular complexity index is 865. The van der Waals surface area contributed by atoms with Crippen LogP contribution in [-0.4, -0.2) is 39.3 Å². The quantitative estimate of drug-likeness (QED) is 0.696. The van der Waals surface area contributed by atoms with Crippen molar-refractivity contribution in [2.75, 3.05) is 20.7 Å². The number of sulfonamides is 1. The molecular formula is C21H28N2O4S. The second-order valence-corrected chi connectivity index (χ2v) is 9.14. The molecule has 0 bridgehead atoms. The first-order chi connectivity index (χ1) is 13.2. The summed E-state index contributed by atoms with van der Waals surface area (Å²) in [5.74, 6) is 0.758. The maximum atomic E-state index is 12.6. The Kier molecular flexibility index (Phi) is 7.60. The number of carbonyl (C=O) groups is 1. The van der Waals surface area contributed by atoms with Gasteiger partial charge in [-0.1, -0.05) is 44.2 Å². The van der Waals surface area contributed by atoms with Crippen LogP contribution < -0.4 is 10.1 Å². The molecule has 0 spiro atoms. The molecule has 0 unspecified atom stereocenters. The average molecular weight is 405 g/mol. The van der Waals surface area contributed by atoms with Gasteiger partial charge in [0.1, 0.15) is 5.75 Å². The van der Waals surface area contributed by atoms with Crippen LogP contribution >= 0.6 is 0 Å². The SMILES string of the molecule is COc1ccc([C@H](CC(C)C)NC(=O)CN(C)S(=O)(=O)c2ccccc2)cc1. The van der Waals surface area contributed by atoms with E-state index in [4.69, 9.17) is 4.74 Å². The Morgan fingerprint density at radius 3 is 2.21 bits per heavy atom. The summed E-state index contributed by atoms with van der Waals surface area (Å²) in [6.45, 7) is 3.91. The average Bonchev–Trinajstić information content (AvgIpc) is 2.67. The molecule has 0 aliphatic carbocycles. The van der Waals surface area contributed by atoms with Gasteiger partial charge in [-0.25, -0.2) is 8.42 Å². The fraction of sp³-hybridized carbons (Fsp3) is 0.381. The van der Waals surface area contributed by atoms with E-state index < -0.39 is 10.0 Å². The highest BCUT2D eigenvalue weighted by atomic mass is 32.2. The first kappa shape index (κ1) is 21.9. The lowest BCUT2D eigenvalue weighted by atomic mass is 9.97. The number of carbonyl (C=O) groups excluding carboxylic acids is 1. The van der Waals surface area contributed by atoms with E-state index >= 15 is 0 Å². The van der Waals surface area contributed by atoms with Crippen molar-refractivity contribution in [3.8, 4) is 5.75 Å². The number of nitrogens with one attached hydrogen (secondary N) is 1. The minimum Gasteiger partial charge on any atom is -0.497 e. The predicted molar refractivity (Wildman–Crippen MR) is 110 cm³/mol. The van der Waals surface area contributed by atoms with E-state index in [0.29, 0.717) is 5.92 Å². The van der Waals surface area contributed by atoms with E-state index in [0.717, 1.165) is 22.0 Å². The fourth-order valence-electron chi connectivity index (χ4n) is 2.89. The van der Waals surface area contributed by atoms with Crippen LogP contribution in [-0.2, 0) is 14.8 Å². The summed E-state index contributed by atoms with van der Waals surface area (Å²) < 4.78 is 31.5. The van der Waals surface area contributed by atoms with Crippen LogP contribution in [0.25, 0.3) is 0 Å². The number of ether oxygens (including phenoxy) is 1. The molecule has 0 saturated heterocycles. The van der Waals surface area contributed by atoms with Gasteiger partial charge in [0.05, 0.1) is 24.6 Å². The molecular weight excluding hydrogens is 376 g/mol. The third-order valence-corrected chi connectivity index (χ3v) is 6.20. The molecule has 1 amide bonds. The van der Waals surface area contributed by atoms with Crippen molar-refractivity contribution >= 4 is 15.9 Å². The maximum absolute atomic E-state index is 12.6. The normalized spacial score (nSPS) is 12.8. The Hall–Kier alpha value is -2.38. The van der Waals surface area contributed by atoms with Crippen LogP contribution in [0.1, 0.15) is 31.9 Å². The molecule has 2 rings (SSSR count). The maximum Gasteiger partial charge on any atom is 0.243 e. The van der Waals surface area contributed by atoms with Crippen LogP contribution in [0.3, 0.4) is 0 Å². The Balaban J connectivity index is 2.10. The van der Waals surface area contributed by atoms with Gasteiger partial charge in [-0.15, -0.1) is 0 Å². The van der Waals surface area contributed by atoms with E-state index in [1.54, 1.807) is 25.3 Å². The van der Waals surface area contributed by atoms with Crippen LogP contribution in [0.2, 0.25) is 0 Å². The minimum atomic E-state index is -3.71. The minimum absolute atomic E-state index is 0.166. The van der Waals surface area contributed by atoms with Gasteiger partial charge in [0.25, 0.3) is 0 Å². The first-order valence-electron chi connectivity index (χ1n) is 9.18. The molecule has 6 nitrogen and oxygen atoms in total. The molecule has 2 aromatic carbocycles. The van der Waals surface area contributed by atoms with E-state index in [1.165, 1.54) is 19.2 Å². The third kappa shape index (κ3) is 5.81. The van der Waals surface area contributed by atoms with Gasteiger partial charge in [-0.05, 0) is 42.2 Å². The molecule has 0 aliphatic rings. The number of amides is 1. The van der Waals surface area contributed by atoms with Crippen molar-refractivity contribution in [1.29, 1.82) is 0 Å². The number of benzene rings is 2. The van der Waals surface area contributed by atoms with Gasteiger partial charge in [0, 0.05) is 7.05 Å². The zero-order chi connectivity index (χ0) is 20.7. The Labute approximate surface area is 167 Å². The second-order valence-electron chi connectivity index (χ2n) is 7.10. The van der Waals surface area contributed by atoms with Gasteiger partial charge in [0.2, 0.25) is 15.9 Å². The number of hydrogen-bond acceptors (Lipinski definition) is 4. The molecule has 0 aliphatic heterocycles. The second kappa shape index (κ2) is 9.71. The summed E-state index contributed by atoms with van der Waals surface area (Å²) in [4.78, 5) is 12.7. The molecule has 28 heavy (non-hydrogen) atoms. The van der Waals surface area contributed by atoms with E-state index in [1.807, 2.05) is 24.3 Å². The molecule has 7 heteroatoms. The van der Waals surface area contributed by atoms with E-state index in [2.05, 4.69) is 19.2 Å². The van der Waals surface area contributed by atoms with Gasteiger partial charge in [-0.3, -0.25) is 4.79 Å². The van der Waals surface area contributed by atoms with Crippen LogP contribution in [0, 0.1) is 5.92 Å². The molecule has 0 fully saturated rings. The van der Waals surface area contributed by atoms with Crippen LogP contribution in [0.15, 0.2) is 59.5 Å². The van der Waals surface area contributed by atoms with Crippen molar-refractivity contribution < 1.29 is 17.9 Å². The molecule has 0 saturated carbocycles. The summed E-state index contributed by atoms with van der Waals surface area (Å²) in [6.07, 6.45) is 0.743. The van der Waals surface area contributed by atoms with E-state index in [9.17, 15) is 13.2 Å². The number of nitrogens with zero attached hydrogens (tertiary/aromatic N) is 1. The van der Waals surface area contributed by atoms with E-state index in [-0.39, 0.29) is 23.4 Å². The molecule has 0 radical (unpaired) electrons. The number of methoxy groups -OCH3 is 1. The number of likely N-dealkylation sites (N-methyl/N-ethyl adjacent to an activating group) is 1. The lowest BCUT2D eigenvalue weighted by Gasteiger charge is -2.23. The molecule has 2 aromatic rings. The molecule has 1 atom stereocenters. The lowest BCUT2D eigenvalue weighted by molar-refractivity contribution is -0.122. The topological polar surface area (TPSA) is 75.7 Å². The largest absolute Gasteiger partial charge is 0.497 e. The third-order valence-electron chi connectivity index (χ3n) is 4.38. The zero-order valence-electron chi connectivity index (χ0n) is 16.8. The van der Waals surface area contributed by atoms with Gasteiger partial charge in [0.15, 0.2) is 0 Å².